The highest BCUT2D eigenvalue weighted by atomic mass is 32.2. The van der Waals surface area contributed by atoms with Gasteiger partial charge in [0.15, 0.2) is 0 Å². The largest absolute Gasteiger partial charge is 0.573 e. The zero-order valence-corrected chi connectivity index (χ0v) is 19.1. The third-order valence-corrected chi connectivity index (χ3v) is 7.51. The van der Waals surface area contributed by atoms with Crippen molar-refractivity contribution in [3.05, 3.63) is 58.7 Å². The van der Waals surface area contributed by atoms with Gasteiger partial charge in [-0.2, -0.15) is 11.8 Å². The van der Waals surface area contributed by atoms with Crippen LogP contribution in [0.5, 0.6) is 5.75 Å². The molecule has 3 aromatic rings. The molecule has 180 valence electrons. The number of benzene rings is 1. The standard InChI is InChI=1S/C24H23F4N3O2S/c25-18-13-29-22-21(17-7-11-34-12-8-19(17)30-22)20(18)14-5-9-31(10-6-14)23(32)15-1-3-16(4-2-15)33-24(26,27)28/h1-4,13-14H,5-12H2,(H,29,30). The van der Waals surface area contributed by atoms with Gasteiger partial charge in [-0.1, -0.05) is 0 Å². The minimum Gasteiger partial charge on any atom is -0.406 e. The molecule has 0 aliphatic carbocycles. The van der Waals surface area contributed by atoms with Gasteiger partial charge in [0.05, 0.1) is 6.20 Å². The van der Waals surface area contributed by atoms with Crippen LogP contribution in [0.2, 0.25) is 0 Å². The summed E-state index contributed by atoms with van der Waals surface area (Å²) < 4.78 is 56.0. The summed E-state index contributed by atoms with van der Waals surface area (Å²) in [5.41, 5.74) is 4.02. The minimum atomic E-state index is -4.78. The predicted octanol–water partition coefficient (Wildman–Crippen LogP) is 5.45. The SMILES string of the molecule is O=C(c1ccc(OC(F)(F)F)cc1)N1CCC(c2c(F)cnc3[nH]c4c(c23)CCSCC4)CC1. The Kier molecular flexibility index (Phi) is 6.18. The lowest BCUT2D eigenvalue weighted by Gasteiger charge is -2.33. The van der Waals surface area contributed by atoms with Crippen molar-refractivity contribution in [2.24, 2.45) is 0 Å². The van der Waals surface area contributed by atoms with E-state index in [4.69, 9.17) is 0 Å². The lowest BCUT2D eigenvalue weighted by Crippen LogP contribution is -2.38. The van der Waals surface area contributed by atoms with Crippen LogP contribution in [-0.2, 0) is 12.8 Å². The van der Waals surface area contributed by atoms with Crippen molar-refractivity contribution in [2.75, 3.05) is 24.6 Å². The number of carbonyl (C=O) groups excluding carboxylic acids is 1. The van der Waals surface area contributed by atoms with E-state index in [0.29, 0.717) is 37.1 Å². The van der Waals surface area contributed by atoms with Crippen LogP contribution in [0.3, 0.4) is 0 Å². The second-order valence-corrected chi connectivity index (χ2v) is 9.80. The molecule has 0 bridgehead atoms. The molecule has 1 fully saturated rings. The lowest BCUT2D eigenvalue weighted by molar-refractivity contribution is -0.274. The van der Waals surface area contributed by atoms with Crippen LogP contribution >= 0.6 is 11.8 Å². The molecular formula is C24H23F4N3O2S. The van der Waals surface area contributed by atoms with E-state index >= 15 is 4.39 Å². The van der Waals surface area contributed by atoms with Gasteiger partial charge in [-0.3, -0.25) is 4.79 Å². The number of nitrogens with zero attached hydrogens (tertiary/aromatic N) is 2. The Labute approximate surface area is 197 Å². The second kappa shape index (κ2) is 9.13. The smallest absolute Gasteiger partial charge is 0.406 e. The van der Waals surface area contributed by atoms with Gasteiger partial charge >= 0.3 is 6.36 Å². The highest BCUT2D eigenvalue weighted by Gasteiger charge is 2.32. The van der Waals surface area contributed by atoms with E-state index in [0.717, 1.165) is 53.2 Å². The Morgan fingerprint density at radius 2 is 1.82 bits per heavy atom. The zero-order chi connectivity index (χ0) is 23.9. The van der Waals surface area contributed by atoms with Crippen LogP contribution < -0.4 is 4.74 Å². The van der Waals surface area contributed by atoms with Crippen LogP contribution in [0.1, 0.15) is 45.9 Å². The molecule has 2 aliphatic heterocycles. The molecule has 10 heteroatoms. The molecule has 0 spiro atoms. The van der Waals surface area contributed by atoms with Crippen molar-refractivity contribution in [1.82, 2.24) is 14.9 Å². The Hall–Kier alpha value is -2.75. The highest BCUT2D eigenvalue weighted by molar-refractivity contribution is 7.99. The fourth-order valence-electron chi connectivity index (χ4n) is 4.96. The van der Waals surface area contributed by atoms with E-state index in [2.05, 4.69) is 14.7 Å². The maximum atomic E-state index is 15.1. The third kappa shape index (κ3) is 4.60. The van der Waals surface area contributed by atoms with Gasteiger partial charge in [-0.15, -0.1) is 13.2 Å². The molecule has 0 unspecified atom stereocenters. The second-order valence-electron chi connectivity index (χ2n) is 8.58. The summed E-state index contributed by atoms with van der Waals surface area (Å²) in [6, 6.07) is 4.92. The van der Waals surface area contributed by atoms with Gasteiger partial charge < -0.3 is 14.6 Å². The molecule has 0 radical (unpaired) electrons. The number of H-pyrrole nitrogens is 1. The Morgan fingerprint density at radius 3 is 2.53 bits per heavy atom. The number of rotatable bonds is 3. The number of ether oxygens (including phenoxy) is 1. The summed E-state index contributed by atoms with van der Waals surface area (Å²) in [6.45, 7) is 0.881. The average Bonchev–Trinajstić information content (AvgIpc) is 2.99. The van der Waals surface area contributed by atoms with Gasteiger partial charge in [0.25, 0.3) is 5.91 Å². The van der Waals surface area contributed by atoms with Gasteiger partial charge in [-0.05, 0) is 72.9 Å². The lowest BCUT2D eigenvalue weighted by atomic mass is 9.86. The molecule has 5 nitrogen and oxygen atoms in total. The first-order valence-electron chi connectivity index (χ1n) is 11.2. The molecule has 0 atom stereocenters. The molecule has 4 heterocycles. The van der Waals surface area contributed by atoms with E-state index in [9.17, 15) is 18.0 Å². The van der Waals surface area contributed by atoms with Gasteiger partial charge in [0.2, 0.25) is 0 Å². The summed E-state index contributed by atoms with van der Waals surface area (Å²) in [5, 5.41) is 0.905. The fraction of sp³-hybridized carbons (Fsp3) is 0.417. The van der Waals surface area contributed by atoms with E-state index in [1.54, 1.807) is 4.90 Å². The summed E-state index contributed by atoms with van der Waals surface area (Å²) in [6.07, 6.45) is -0.500. The first kappa shape index (κ1) is 23.0. The third-order valence-electron chi connectivity index (χ3n) is 6.52. The van der Waals surface area contributed by atoms with Crippen molar-refractivity contribution in [3.63, 3.8) is 0 Å². The number of amides is 1. The van der Waals surface area contributed by atoms with E-state index in [1.807, 2.05) is 11.8 Å². The molecule has 34 heavy (non-hydrogen) atoms. The zero-order valence-electron chi connectivity index (χ0n) is 18.3. The fourth-order valence-corrected chi connectivity index (χ4v) is 5.86. The highest BCUT2D eigenvalue weighted by Crippen LogP contribution is 2.38. The number of nitrogens with one attached hydrogen (secondary N) is 1. The number of pyridine rings is 1. The number of hydrogen-bond donors (Lipinski definition) is 1. The van der Waals surface area contributed by atoms with E-state index in [1.165, 1.54) is 23.9 Å². The molecular weight excluding hydrogens is 470 g/mol. The molecule has 1 aromatic carbocycles. The summed E-state index contributed by atoms with van der Waals surface area (Å²) in [4.78, 5) is 22.2. The number of aryl methyl sites for hydroxylation is 2. The number of aromatic nitrogens is 2. The van der Waals surface area contributed by atoms with E-state index in [-0.39, 0.29) is 23.4 Å². The maximum absolute atomic E-state index is 15.1. The van der Waals surface area contributed by atoms with Crippen LogP contribution in [0, 0.1) is 5.82 Å². The quantitative estimate of drug-likeness (QED) is 0.493. The molecule has 0 saturated carbocycles. The number of piperidine rings is 1. The summed E-state index contributed by atoms with van der Waals surface area (Å²) in [5.74, 6) is 1.05. The minimum absolute atomic E-state index is 0.0343. The molecule has 1 amide bonds. The monoisotopic (exact) mass is 493 g/mol. The number of alkyl halides is 3. The maximum Gasteiger partial charge on any atom is 0.573 e. The van der Waals surface area contributed by atoms with Crippen LogP contribution in [0.4, 0.5) is 17.6 Å². The van der Waals surface area contributed by atoms with Crippen molar-refractivity contribution in [3.8, 4) is 5.75 Å². The molecule has 5 rings (SSSR count). The number of carbonyl (C=O) groups is 1. The predicted molar refractivity (Wildman–Crippen MR) is 122 cm³/mol. The number of hydrogen-bond acceptors (Lipinski definition) is 4. The number of thioether (sulfide) groups is 1. The van der Waals surface area contributed by atoms with Gasteiger partial charge in [-0.25, -0.2) is 9.37 Å². The van der Waals surface area contributed by atoms with Crippen molar-refractivity contribution in [1.29, 1.82) is 0 Å². The van der Waals surface area contributed by atoms with Crippen molar-refractivity contribution < 1.29 is 27.1 Å². The Bertz CT molecular complexity index is 1200. The summed E-state index contributed by atoms with van der Waals surface area (Å²) >= 11 is 1.89. The van der Waals surface area contributed by atoms with Gasteiger partial charge in [0, 0.05) is 35.3 Å². The van der Waals surface area contributed by atoms with Crippen LogP contribution in [0.25, 0.3) is 11.0 Å². The molecule has 1 N–H and O–H groups in total. The molecule has 2 aliphatic rings. The summed E-state index contributed by atoms with van der Waals surface area (Å²) in [7, 11) is 0. The molecule has 2 aromatic heterocycles. The van der Waals surface area contributed by atoms with E-state index < -0.39 is 6.36 Å². The van der Waals surface area contributed by atoms with Crippen molar-refractivity contribution >= 4 is 28.7 Å². The van der Waals surface area contributed by atoms with Crippen LogP contribution in [-0.4, -0.2) is 51.7 Å². The van der Waals surface area contributed by atoms with Crippen molar-refractivity contribution in [2.45, 2.75) is 38.0 Å². The van der Waals surface area contributed by atoms with Gasteiger partial charge in [0.1, 0.15) is 17.2 Å². The number of fused-ring (bicyclic) bond motifs is 3. The average molecular weight is 494 g/mol. The number of likely N-dealkylation sites (tertiary alicyclic amines) is 1. The normalized spacial score (nSPS) is 17.5. The first-order valence-corrected chi connectivity index (χ1v) is 12.4. The molecule has 1 saturated heterocycles. The number of halogens is 4. The number of aromatic amines is 1. The van der Waals surface area contributed by atoms with Crippen LogP contribution in [0.15, 0.2) is 30.5 Å². The Balaban J connectivity index is 1.32. The Morgan fingerprint density at radius 1 is 1.12 bits per heavy atom. The topological polar surface area (TPSA) is 58.2 Å². The first-order chi connectivity index (χ1) is 16.3.